The third-order valence-electron chi connectivity index (χ3n) is 5.79. The van der Waals surface area contributed by atoms with Gasteiger partial charge in [-0.25, -0.2) is 0 Å². The van der Waals surface area contributed by atoms with Gasteiger partial charge in [0.2, 0.25) is 0 Å². The summed E-state index contributed by atoms with van der Waals surface area (Å²) < 4.78 is 12.4. The van der Waals surface area contributed by atoms with Crippen molar-refractivity contribution in [1.29, 1.82) is 0 Å². The first-order chi connectivity index (χ1) is 10.2. The zero-order valence-electron chi connectivity index (χ0n) is 14.2. The largest absolute Gasteiger partial charge is 0.495 e. The van der Waals surface area contributed by atoms with Crippen LogP contribution in [0.1, 0.15) is 59.4 Å². The van der Waals surface area contributed by atoms with Gasteiger partial charge < -0.3 is 9.31 Å². The van der Waals surface area contributed by atoms with Gasteiger partial charge in [-0.05, 0) is 45.1 Å². The van der Waals surface area contributed by atoms with Crippen LogP contribution in [0, 0.1) is 0 Å². The van der Waals surface area contributed by atoms with E-state index in [1.807, 2.05) is 12.1 Å². The molecule has 0 aromatic heterocycles. The topological polar surface area (TPSA) is 35.5 Å². The molecule has 0 N–H and O–H groups in total. The first kappa shape index (κ1) is 15.8. The maximum atomic E-state index is 11.6. The van der Waals surface area contributed by atoms with Gasteiger partial charge in [-0.1, -0.05) is 31.2 Å². The second-order valence-corrected chi connectivity index (χ2v) is 7.70. The third-order valence-corrected chi connectivity index (χ3v) is 5.79. The van der Waals surface area contributed by atoms with Crippen molar-refractivity contribution in [3.8, 4) is 0 Å². The number of hydrogen-bond acceptors (Lipinski definition) is 3. The molecule has 4 heteroatoms. The number of Topliss-reactive ketones (excluding diaryl/α,β-unsaturated/α-hetero) is 1. The number of hydrogen-bond donors (Lipinski definition) is 0. The van der Waals surface area contributed by atoms with Crippen molar-refractivity contribution >= 4 is 18.4 Å². The van der Waals surface area contributed by atoms with E-state index in [0.717, 1.165) is 11.9 Å². The maximum absolute atomic E-state index is 11.6. The highest BCUT2D eigenvalue weighted by Crippen LogP contribution is 2.44. The lowest BCUT2D eigenvalue weighted by Gasteiger charge is -2.41. The molecule has 1 aliphatic carbocycles. The van der Waals surface area contributed by atoms with E-state index in [0.29, 0.717) is 18.6 Å². The maximum Gasteiger partial charge on any atom is 0.495 e. The molecule has 1 saturated carbocycles. The van der Waals surface area contributed by atoms with E-state index in [-0.39, 0.29) is 23.7 Å². The van der Waals surface area contributed by atoms with Crippen molar-refractivity contribution < 1.29 is 14.1 Å². The van der Waals surface area contributed by atoms with Crippen LogP contribution in [-0.4, -0.2) is 24.1 Å². The third kappa shape index (κ3) is 2.24. The minimum Gasteiger partial charge on any atom is -0.399 e. The van der Waals surface area contributed by atoms with Crippen LogP contribution in [0.25, 0.3) is 0 Å². The number of carbonyl (C=O) groups excluding carboxylic acids is 1. The standard InChI is InChI=1S/C18H25BO3/c1-6-18(11-13(20)12-18)14-9-7-8-10-15(14)19-21-16(2,3)17(4,5)22-19/h7-10H,6,11-12H2,1-5H3. The van der Waals surface area contributed by atoms with Crippen molar-refractivity contribution in [3.63, 3.8) is 0 Å². The van der Waals surface area contributed by atoms with Crippen LogP contribution in [0.2, 0.25) is 0 Å². The van der Waals surface area contributed by atoms with E-state index in [4.69, 9.17) is 9.31 Å². The molecule has 2 fully saturated rings. The van der Waals surface area contributed by atoms with Gasteiger partial charge in [0.05, 0.1) is 11.2 Å². The fraction of sp³-hybridized carbons (Fsp3) is 0.611. The van der Waals surface area contributed by atoms with Crippen LogP contribution in [-0.2, 0) is 19.5 Å². The Labute approximate surface area is 133 Å². The average Bonchev–Trinajstić information content (AvgIpc) is 2.64. The number of benzene rings is 1. The zero-order valence-corrected chi connectivity index (χ0v) is 14.2. The molecule has 0 radical (unpaired) electrons. The Balaban J connectivity index is 1.99. The quantitative estimate of drug-likeness (QED) is 0.805. The molecule has 1 aromatic rings. The van der Waals surface area contributed by atoms with E-state index < -0.39 is 0 Å². The normalized spacial score (nSPS) is 25.1. The van der Waals surface area contributed by atoms with Crippen LogP contribution in [0.3, 0.4) is 0 Å². The Hall–Kier alpha value is -1.13. The van der Waals surface area contributed by atoms with Crippen molar-refractivity contribution in [1.82, 2.24) is 0 Å². The van der Waals surface area contributed by atoms with Crippen molar-refractivity contribution in [2.45, 2.75) is 70.5 Å². The molecule has 1 saturated heterocycles. The fourth-order valence-corrected chi connectivity index (χ4v) is 3.49. The van der Waals surface area contributed by atoms with Crippen molar-refractivity contribution in [2.24, 2.45) is 0 Å². The lowest BCUT2D eigenvalue weighted by atomic mass is 9.57. The van der Waals surface area contributed by atoms with E-state index >= 15 is 0 Å². The summed E-state index contributed by atoms with van der Waals surface area (Å²) in [5, 5.41) is 0. The Morgan fingerprint density at radius 3 is 2.09 bits per heavy atom. The summed E-state index contributed by atoms with van der Waals surface area (Å²) in [6.07, 6.45) is 2.25. The second-order valence-electron chi connectivity index (χ2n) is 7.70. The molecule has 1 heterocycles. The van der Waals surface area contributed by atoms with Gasteiger partial charge in [0.1, 0.15) is 5.78 Å². The molecule has 0 unspecified atom stereocenters. The first-order valence-corrected chi connectivity index (χ1v) is 8.17. The average molecular weight is 300 g/mol. The smallest absolute Gasteiger partial charge is 0.399 e. The summed E-state index contributed by atoms with van der Waals surface area (Å²) in [5.41, 5.74) is 1.57. The Kier molecular flexibility index (Phi) is 3.54. The summed E-state index contributed by atoms with van der Waals surface area (Å²) in [7, 11) is -0.361. The highest BCUT2D eigenvalue weighted by Gasteiger charge is 2.54. The summed E-state index contributed by atoms with van der Waals surface area (Å²) in [4.78, 5) is 11.6. The van der Waals surface area contributed by atoms with Crippen LogP contribution >= 0.6 is 0 Å². The van der Waals surface area contributed by atoms with E-state index in [9.17, 15) is 4.79 Å². The molecule has 0 spiro atoms. The van der Waals surface area contributed by atoms with Crippen LogP contribution < -0.4 is 5.46 Å². The summed E-state index contributed by atoms with van der Waals surface area (Å²) in [6.45, 7) is 10.4. The van der Waals surface area contributed by atoms with Gasteiger partial charge >= 0.3 is 7.12 Å². The van der Waals surface area contributed by atoms with Gasteiger partial charge in [-0.3, -0.25) is 4.79 Å². The Morgan fingerprint density at radius 2 is 1.59 bits per heavy atom. The molecular formula is C18H25BO3. The predicted molar refractivity (Wildman–Crippen MR) is 88.4 cm³/mol. The predicted octanol–water partition coefficient (Wildman–Crippen LogP) is 3.00. The number of carbonyl (C=O) groups is 1. The molecule has 0 bridgehead atoms. The van der Waals surface area contributed by atoms with Gasteiger partial charge in [-0.2, -0.15) is 0 Å². The Morgan fingerprint density at radius 1 is 1.05 bits per heavy atom. The summed E-state index contributed by atoms with van der Waals surface area (Å²) >= 11 is 0. The van der Waals surface area contributed by atoms with E-state index in [2.05, 4.69) is 46.8 Å². The SMILES string of the molecule is CCC1(c2ccccc2B2OC(C)(C)C(C)(C)O2)CC(=O)C1. The number of rotatable bonds is 3. The Bertz CT molecular complexity index is 582. The van der Waals surface area contributed by atoms with Gasteiger partial charge in [0.25, 0.3) is 0 Å². The minimum atomic E-state index is -0.361. The van der Waals surface area contributed by atoms with Gasteiger partial charge in [-0.15, -0.1) is 0 Å². The van der Waals surface area contributed by atoms with E-state index in [1.54, 1.807) is 0 Å². The fourth-order valence-electron chi connectivity index (χ4n) is 3.49. The van der Waals surface area contributed by atoms with Crippen molar-refractivity contribution in [2.75, 3.05) is 0 Å². The van der Waals surface area contributed by atoms with E-state index in [1.165, 1.54) is 5.56 Å². The van der Waals surface area contributed by atoms with Gasteiger partial charge in [0.15, 0.2) is 0 Å². The summed E-state index contributed by atoms with van der Waals surface area (Å²) in [6, 6.07) is 8.28. The molecule has 3 nitrogen and oxygen atoms in total. The molecule has 1 aromatic carbocycles. The zero-order chi connectivity index (χ0) is 16.2. The summed E-state index contributed by atoms with van der Waals surface area (Å²) in [5.74, 6) is 0.352. The molecule has 2 aliphatic rings. The number of ketones is 1. The molecule has 22 heavy (non-hydrogen) atoms. The molecule has 3 rings (SSSR count). The van der Waals surface area contributed by atoms with Crippen molar-refractivity contribution in [3.05, 3.63) is 29.8 Å². The second kappa shape index (κ2) is 4.94. The highest BCUT2D eigenvalue weighted by molar-refractivity contribution is 6.62. The lowest BCUT2D eigenvalue weighted by Crippen LogP contribution is -2.48. The van der Waals surface area contributed by atoms with Crippen LogP contribution in [0.5, 0.6) is 0 Å². The molecule has 0 amide bonds. The van der Waals surface area contributed by atoms with Crippen LogP contribution in [0.4, 0.5) is 0 Å². The van der Waals surface area contributed by atoms with Gasteiger partial charge in [0, 0.05) is 18.3 Å². The minimum absolute atomic E-state index is 0.0305. The lowest BCUT2D eigenvalue weighted by molar-refractivity contribution is -0.128. The molecular weight excluding hydrogens is 275 g/mol. The van der Waals surface area contributed by atoms with Crippen LogP contribution in [0.15, 0.2) is 24.3 Å². The molecule has 118 valence electrons. The first-order valence-electron chi connectivity index (χ1n) is 8.17. The molecule has 1 aliphatic heterocycles. The molecule has 0 atom stereocenters. The highest BCUT2D eigenvalue weighted by atomic mass is 16.7. The monoisotopic (exact) mass is 300 g/mol.